The van der Waals surface area contributed by atoms with Crippen LogP contribution in [0.2, 0.25) is 0 Å². The lowest BCUT2D eigenvalue weighted by Gasteiger charge is -2.36. The first-order valence-corrected chi connectivity index (χ1v) is 6.40. The molecule has 4 heteroatoms. The van der Waals surface area contributed by atoms with Crippen LogP contribution >= 0.6 is 0 Å². The van der Waals surface area contributed by atoms with Crippen LogP contribution in [0.1, 0.15) is 12.8 Å². The van der Waals surface area contributed by atoms with Crippen molar-refractivity contribution in [3.8, 4) is 0 Å². The molecule has 18 heavy (non-hydrogen) atoms. The van der Waals surface area contributed by atoms with Crippen LogP contribution in [0.4, 0.5) is 11.4 Å². The first-order chi connectivity index (χ1) is 8.74. The van der Waals surface area contributed by atoms with Crippen molar-refractivity contribution >= 4 is 11.4 Å². The molecule has 4 nitrogen and oxygen atoms in total. The number of methoxy groups -OCH3 is 2. The van der Waals surface area contributed by atoms with Crippen LogP contribution in [0.15, 0.2) is 24.3 Å². The summed E-state index contributed by atoms with van der Waals surface area (Å²) in [5.41, 5.74) is 7.76. The molecule has 0 aliphatic carbocycles. The van der Waals surface area contributed by atoms with Crippen molar-refractivity contribution < 1.29 is 9.47 Å². The number of benzene rings is 1. The van der Waals surface area contributed by atoms with Crippen LogP contribution in [-0.2, 0) is 9.47 Å². The van der Waals surface area contributed by atoms with E-state index in [1.807, 2.05) is 12.1 Å². The molecule has 2 rings (SSSR count). The number of anilines is 2. The van der Waals surface area contributed by atoms with E-state index in [-0.39, 0.29) is 6.29 Å². The summed E-state index contributed by atoms with van der Waals surface area (Å²) in [6.07, 6.45) is 2.12. The molecule has 0 aromatic heterocycles. The molecule has 2 N–H and O–H groups in total. The minimum absolute atomic E-state index is 0.0708. The number of ether oxygens (including phenoxy) is 2. The third kappa shape index (κ3) is 2.94. The van der Waals surface area contributed by atoms with Crippen LogP contribution in [0, 0.1) is 5.92 Å². The van der Waals surface area contributed by atoms with Gasteiger partial charge in [0.2, 0.25) is 0 Å². The van der Waals surface area contributed by atoms with Gasteiger partial charge >= 0.3 is 0 Å². The summed E-state index contributed by atoms with van der Waals surface area (Å²) in [6, 6.07) is 8.07. The molecule has 0 radical (unpaired) electrons. The molecule has 0 atom stereocenters. The zero-order chi connectivity index (χ0) is 13.0. The van der Waals surface area contributed by atoms with Crippen LogP contribution in [-0.4, -0.2) is 33.6 Å². The molecule has 0 spiro atoms. The van der Waals surface area contributed by atoms with Crippen molar-refractivity contribution in [2.45, 2.75) is 19.1 Å². The molecule has 1 aromatic rings. The van der Waals surface area contributed by atoms with Gasteiger partial charge in [-0.05, 0) is 37.1 Å². The summed E-state index contributed by atoms with van der Waals surface area (Å²) in [5.74, 6) is 0.491. The summed E-state index contributed by atoms with van der Waals surface area (Å²) >= 11 is 0. The van der Waals surface area contributed by atoms with Crippen molar-refractivity contribution in [1.29, 1.82) is 0 Å². The number of rotatable bonds is 4. The predicted molar refractivity (Wildman–Crippen MR) is 73.6 cm³/mol. The van der Waals surface area contributed by atoms with Gasteiger partial charge < -0.3 is 20.1 Å². The SMILES string of the molecule is COC(OC)C1CCN(c2ccc(N)cc2)CC1. The van der Waals surface area contributed by atoms with E-state index in [0.717, 1.165) is 31.6 Å². The Labute approximate surface area is 109 Å². The fourth-order valence-electron chi connectivity index (χ4n) is 2.60. The average molecular weight is 250 g/mol. The minimum Gasteiger partial charge on any atom is -0.399 e. The lowest BCUT2D eigenvalue weighted by Crippen LogP contribution is -2.39. The van der Waals surface area contributed by atoms with Gasteiger partial charge in [-0.15, -0.1) is 0 Å². The van der Waals surface area contributed by atoms with Gasteiger partial charge in [0, 0.05) is 44.6 Å². The highest BCUT2D eigenvalue weighted by atomic mass is 16.7. The van der Waals surface area contributed by atoms with E-state index in [2.05, 4.69) is 17.0 Å². The first kappa shape index (κ1) is 13.2. The number of nitrogen functional groups attached to an aromatic ring is 1. The molecule has 1 aliphatic heterocycles. The Morgan fingerprint density at radius 3 is 2.17 bits per heavy atom. The maximum Gasteiger partial charge on any atom is 0.159 e. The van der Waals surface area contributed by atoms with E-state index < -0.39 is 0 Å². The lowest BCUT2D eigenvalue weighted by atomic mass is 9.95. The van der Waals surface area contributed by atoms with Crippen molar-refractivity contribution in [2.75, 3.05) is 37.9 Å². The molecule has 0 bridgehead atoms. The Kier molecular flexibility index (Phi) is 4.44. The quantitative estimate of drug-likeness (QED) is 0.656. The maximum absolute atomic E-state index is 5.70. The zero-order valence-electron chi connectivity index (χ0n) is 11.1. The van der Waals surface area contributed by atoms with Crippen LogP contribution in [0.25, 0.3) is 0 Å². The van der Waals surface area contributed by atoms with Crippen LogP contribution < -0.4 is 10.6 Å². The molecule has 1 heterocycles. The van der Waals surface area contributed by atoms with E-state index in [1.165, 1.54) is 5.69 Å². The Hall–Kier alpha value is -1.26. The molecule has 0 amide bonds. The maximum atomic E-state index is 5.70. The molecule has 1 fully saturated rings. The van der Waals surface area contributed by atoms with Crippen molar-refractivity contribution in [2.24, 2.45) is 5.92 Å². The van der Waals surface area contributed by atoms with Crippen molar-refractivity contribution in [1.82, 2.24) is 0 Å². The van der Waals surface area contributed by atoms with Gasteiger partial charge in [-0.1, -0.05) is 0 Å². The number of hydrogen-bond donors (Lipinski definition) is 1. The van der Waals surface area contributed by atoms with E-state index in [0.29, 0.717) is 5.92 Å². The van der Waals surface area contributed by atoms with Crippen molar-refractivity contribution in [3.63, 3.8) is 0 Å². The minimum atomic E-state index is -0.0708. The molecule has 1 aliphatic rings. The number of hydrogen-bond acceptors (Lipinski definition) is 4. The number of nitrogens with two attached hydrogens (primary N) is 1. The monoisotopic (exact) mass is 250 g/mol. The molecule has 100 valence electrons. The zero-order valence-corrected chi connectivity index (χ0v) is 11.1. The lowest BCUT2D eigenvalue weighted by molar-refractivity contribution is -0.141. The second kappa shape index (κ2) is 6.07. The highest BCUT2D eigenvalue weighted by Gasteiger charge is 2.26. The number of piperidine rings is 1. The van der Waals surface area contributed by atoms with Gasteiger partial charge in [0.25, 0.3) is 0 Å². The Bertz CT molecular complexity index is 355. The van der Waals surface area contributed by atoms with Gasteiger partial charge in [0.15, 0.2) is 6.29 Å². The highest BCUT2D eigenvalue weighted by molar-refractivity contribution is 5.53. The third-order valence-corrected chi connectivity index (χ3v) is 3.65. The summed E-state index contributed by atoms with van der Waals surface area (Å²) in [5, 5.41) is 0. The van der Waals surface area contributed by atoms with Crippen LogP contribution in [0.3, 0.4) is 0 Å². The average Bonchev–Trinajstić information content (AvgIpc) is 2.42. The molecule has 0 saturated carbocycles. The largest absolute Gasteiger partial charge is 0.399 e. The van der Waals surface area contributed by atoms with Gasteiger partial charge in [0.1, 0.15) is 0 Å². The first-order valence-electron chi connectivity index (χ1n) is 6.40. The van der Waals surface area contributed by atoms with E-state index >= 15 is 0 Å². The topological polar surface area (TPSA) is 47.7 Å². The molecule has 1 saturated heterocycles. The van der Waals surface area contributed by atoms with E-state index in [4.69, 9.17) is 15.2 Å². The summed E-state index contributed by atoms with van der Waals surface area (Å²) in [7, 11) is 3.42. The standard InChI is InChI=1S/C14H22N2O2/c1-17-14(18-2)11-7-9-16(10-8-11)13-5-3-12(15)4-6-13/h3-6,11,14H,7-10,15H2,1-2H3. The molecular weight excluding hydrogens is 228 g/mol. The summed E-state index contributed by atoms with van der Waals surface area (Å²) in [6.45, 7) is 2.08. The van der Waals surface area contributed by atoms with Gasteiger partial charge in [-0.25, -0.2) is 0 Å². The second-order valence-corrected chi connectivity index (χ2v) is 4.76. The van der Waals surface area contributed by atoms with Crippen molar-refractivity contribution in [3.05, 3.63) is 24.3 Å². The molecule has 0 unspecified atom stereocenters. The molecular formula is C14H22N2O2. The fraction of sp³-hybridized carbons (Fsp3) is 0.571. The third-order valence-electron chi connectivity index (χ3n) is 3.65. The van der Waals surface area contributed by atoms with Gasteiger partial charge in [-0.2, -0.15) is 0 Å². The fourth-order valence-corrected chi connectivity index (χ4v) is 2.60. The smallest absolute Gasteiger partial charge is 0.159 e. The second-order valence-electron chi connectivity index (χ2n) is 4.76. The summed E-state index contributed by atoms with van der Waals surface area (Å²) in [4.78, 5) is 2.39. The molecule has 1 aromatic carbocycles. The van der Waals surface area contributed by atoms with E-state index in [1.54, 1.807) is 14.2 Å². The predicted octanol–water partition coefficient (Wildman–Crippen LogP) is 2.10. The Balaban J connectivity index is 1.92. The Morgan fingerprint density at radius 1 is 1.11 bits per heavy atom. The van der Waals surface area contributed by atoms with Gasteiger partial charge in [0.05, 0.1) is 0 Å². The Morgan fingerprint density at radius 2 is 1.67 bits per heavy atom. The highest BCUT2D eigenvalue weighted by Crippen LogP contribution is 2.27. The number of nitrogens with zero attached hydrogens (tertiary/aromatic N) is 1. The summed E-state index contributed by atoms with van der Waals surface area (Å²) < 4.78 is 10.7. The van der Waals surface area contributed by atoms with Gasteiger partial charge in [-0.3, -0.25) is 0 Å². The van der Waals surface area contributed by atoms with E-state index in [9.17, 15) is 0 Å². The van der Waals surface area contributed by atoms with Crippen LogP contribution in [0.5, 0.6) is 0 Å². The normalized spacial score (nSPS) is 17.4.